The standard InChI is InChI=1S/C14H9BrClFN2O2/c15-9-3-6-12(16)11(7-9)14(21)19-18-13(20)8-1-4-10(17)5-2-8/h1-7H,(H,18,20)(H,19,21). The van der Waals surface area contributed by atoms with Crippen LogP contribution in [0.4, 0.5) is 4.39 Å². The molecule has 0 heterocycles. The lowest BCUT2D eigenvalue weighted by molar-refractivity contribution is 0.0846. The predicted octanol–water partition coefficient (Wildman–Crippen LogP) is 3.32. The van der Waals surface area contributed by atoms with Crippen LogP contribution >= 0.6 is 27.5 Å². The molecule has 0 saturated heterocycles. The largest absolute Gasteiger partial charge is 0.271 e. The highest BCUT2D eigenvalue weighted by molar-refractivity contribution is 9.10. The minimum absolute atomic E-state index is 0.213. The monoisotopic (exact) mass is 370 g/mol. The van der Waals surface area contributed by atoms with E-state index in [-0.39, 0.29) is 16.1 Å². The van der Waals surface area contributed by atoms with Crippen molar-refractivity contribution >= 4 is 39.3 Å². The van der Waals surface area contributed by atoms with E-state index in [2.05, 4.69) is 26.8 Å². The van der Waals surface area contributed by atoms with Gasteiger partial charge in [0.2, 0.25) is 0 Å². The SMILES string of the molecule is O=C(NNC(=O)c1cc(Br)ccc1Cl)c1ccc(F)cc1. The molecule has 0 atom stereocenters. The second-order valence-corrected chi connectivity index (χ2v) is 5.36. The van der Waals surface area contributed by atoms with Crippen LogP contribution in [0.1, 0.15) is 20.7 Å². The Morgan fingerprint density at radius 3 is 2.29 bits per heavy atom. The minimum Gasteiger partial charge on any atom is -0.267 e. The fourth-order valence-corrected chi connectivity index (χ4v) is 2.09. The maximum absolute atomic E-state index is 12.7. The van der Waals surface area contributed by atoms with Crippen LogP contribution in [-0.2, 0) is 0 Å². The van der Waals surface area contributed by atoms with Crippen molar-refractivity contribution in [1.29, 1.82) is 0 Å². The molecular formula is C14H9BrClFN2O2. The summed E-state index contributed by atoms with van der Waals surface area (Å²) in [5.74, 6) is -1.57. The second kappa shape index (κ2) is 6.69. The van der Waals surface area contributed by atoms with Gasteiger partial charge >= 0.3 is 0 Å². The zero-order chi connectivity index (χ0) is 15.4. The van der Waals surface area contributed by atoms with Gasteiger partial charge in [-0.2, -0.15) is 0 Å². The number of rotatable bonds is 2. The summed E-state index contributed by atoms with van der Waals surface area (Å²) in [5.41, 5.74) is 4.90. The number of halogens is 3. The molecular weight excluding hydrogens is 363 g/mol. The molecule has 0 aliphatic carbocycles. The van der Waals surface area contributed by atoms with Gasteiger partial charge in [-0.3, -0.25) is 20.4 Å². The zero-order valence-electron chi connectivity index (χ0n) is 10.5. The Bertz CT molecular complexity index is 692. The summed E-state index contributed by atoms with van der Waals surface area (Å²) >= 11 is 9.13. The van der Waals surface area contributed by atoms with Crippen molar-refractivity contribution in [2.45, 2.75) is 0 Å². The second-order valence-electron chi connectivity index (χ2n) is 4.04. The van der Waals surface area contributed by atoms with Crippen molar-refractivity contribution in [3.63, 3.8) is 0 Å². The fourth-order valence-electron chi connectivity index (χ4n) is 1.53. The number of carbonyl (C=O) groups excluding carboxylic acids is 2. The van der Waals surface area contributed by atoms with E-state index in [9.17, 15) is 14.0 Å². The normalized spacial score (nSPS) is 10.0. The Morgan fingerprint density at radius 2 is 1.62 bits per heavy atom. The number of amides is 2. The molecule has 2 aromatic carbocycles. The van der Waals surface area contributed by atoms with Gasteiger partial charge in [-0.25, -0.2) is 4.39 Å². The number of hydrogen-bond acceptors (Lipinski definition) is 2. The molecule has 2 N–H and O–H groups in total. The number of benzene rings is 2. The van der Waals surface area contributed by atoms with Gasteiger partial charge in [0.15, 0.2) is 0 Å². The third-order valence-corrected chi connectivity index (χ3v) is 3.39. The number of hydrazine groups is 1. The molecule has 2 amide bonds. The Hall–Kier alpha value is -1.92. The molecule has 0 aliphatic rings. The van der Waals surface area contributed by atoms with E-state index in [0.717, 1.165) is 12.1 Å². The number of hydrogen-bond donors (Lipinski definition) is 2. The van der Waals surface area contributed by atoms with E-state index < -0.39 is 17.6 Å². The maximum atomic E-state index is 12.7. The van der Waals surface area contributed by atoms with E-state index in [1.165, 1.54) is 18.2 Å². The van der Waals surface area contributed by atoms with Crippen molar-refractivity contribution in [2.75, 3.05) is 0 Å². The third-order valence-electron chi connectivity index (χ3n) is 2.57. The van der Waals surface area contributed by atoms with Crippen LogP contribution < -0.4 is 10.9 Å². The van der Waals surface area contributed by atoms with Crippen molar-refractivity contribution in [1.82, 2.24) is 10.9 Å². The van der Waals surface area contributed by atoms with E-state index >= 15 is 0 Å². The van der Waals surface area contributed by atoms with Crippen LogP contribution in [0.3, 0.4) is 0 Å². The molecule has 0 saturated carbocycles. The topological polar surface area (TPSA) is 58.2 Å². The minimum atomic E-state index is -0.561. The van der Waals surface area contributed by atoms with Gasteiger partial charge in [0, 0.05) is 10.0 Å². The van der Waals surface area contributed by atoms with Crippen molar-refractivity contribution in [3.05, 3.63) is 68.9 Å². The van der Waals surface area contributed by atoms with Gasteiger partial charge in [-0.1, -0.05) is 27.5 Å². The first kappa shape index (κ1) is 15.5. The van der Waals surface area contributed by atoms with Gasteiger partial charge < -0.3 is 0 Å². The Balaban J connectivity index is 2.02. The van der Waals surface area contributed by atoms with E-state index in [4.69, 9.17) is 11.6 Å². The molecule has 0 aromatic heterocycles. The summed E-state index contributed by atoms with van der Waals surface area (Å²) in [6.07, 6.45) is 0. The molecule has 0 bridgehead atoms. The molecule has 0 unspecified atom stereocenters. The summed E-state index contributed by atoms with van der Waals surface area (Å²) in [4.78, 5) is 23.7. The summed E-state index contributed by atoms with van der Waals surface area (Å²) < 4.78 is 13.4. The van der Waals surface area contributed by atoms with Gasteiger partial charge in [0.25, 0.3) is 11.8 Å². The molecule has 0 radical (unpaired) electrons. The van der Waals surface area contributed by atoms with Crippen molar-refractivity contribution in [2.24, 2.45) is 0 Å². The van der Waals surface area contributed by atoms with Crippen LogP contribution in [0.15, 0.2) is 46.9 Å². The molecule has 4 nitrogen and oxygen atoms in total. The van der Waals surface area contributed by atoms with E-state index in [1.54, 1.807) is 12.1 Å². The predicted molar refractivity (Wildman–Crippen MR) is 80.5 cm³/mol. The van der Waals surface area contributed by atoms with Gasteiger partial charge in [0.1, 0.15) is 5.82 Å². The highest BCUT2D eigenvalue weighted by atomic mass is 79.9. The highest BCUT2D eigenvalue weighted by Crippen LogP contribution is 2.20. The average Bonchev–Trinajstić information content (AvgIpc) is 2.47. The van der Waals surface area contributed by atoms with Crippen LogP contribution in [-0.4, -0.2) is 11.8 Å². The number of nitrogens with one attached hydrogen (secondary N) is 2. The lowest BCUT2D eigenvalue weighted by atomic mass is 10.2. The average molecular weight is 372 g/mol. The first-order valence-electron chi connectivity index (χ1n) is 5.78. The van der Waals surface area contributed by atoms with Crippen LogP contribution in [0, 0.1) is 5.82 Å². The maximum Gasteiger partial charge on any atom is 0.271 e. The molecule has 7 heteroatoms. The van der Waals surface area contributed by atoms with E-state index in [1.807, 2.05) is 0 Å². The molecule has 2 aromatic rings. The Morgan fingerprint density at radius 1 is 1.00 bits per heavy atom. The molecule has 108 valence electrons. The lowest BCUT2D eigenvalue weighted by Gasteiger charge is -2.09. The van der Waals surface area contributed by atoms with Gasteiger partial charge in [-0.05, 0) is 42.5 Å². The summed E-state index contributed by atoms with van der Waals surface area (Å²) in [7, 11) is 0. The van der Waals surface area contributed by atoms with Crippen molar-refractivity contribution < 1.29 is 14.0 Å². The van der Waals surface area contributed by atoms with Crippen LogP contribution in [0.2, 0.25) is 5.02 Å². The van der Waals surface area contributed by atoms with Gasteiger partial charge in [-0.15, -0.1) is 0 Å². The molecule has 21 heavy (non-hydrogen) atoms. The third kappa shape index (κ3) is 4.03. The zero-order valence-corrected chi connectivity index (χ0v) is 12.8. The fraction of sp³-hybridized carbons (Fsp3) is 0. The number of carbonyl (C=O) groups is 2. The first-order chi connectivity index (χ1) is 9.97. The molecule has 2 rings (SSSR count). The summed E-state index contributed by atoms with van der Waals surface area (Å²) in [6, 6.07) is 9.70. The lowest BCUT2D eigenvalue weighted by Crippen LogP contribution is -2.41. The van der Waals surface area contributed by atoms with Crippen LogP contribution in [0.25, 0.3) is 0 Å². The van der Waals surface area contributed by atoms with E-state index in [0.29, 0.717) is 4.47 Å². The smallest absolute Gasteiger partial charge is 0.267 e. The quantitative estimate of drug-likeness (QED) is 0.796. The highest BCUT2D eigenvalue weighted by Gasteiger charge is 2.12. The summed E-state index contributed by atoms with van der Waals surface area (Å²) in [5, 5.41) is 0.256. The molecule has 0 spiro atoms. The molecule has 0 fully saturated rings. The summed E-state index contributed by atoms with van der Waals surface area (Å²) in [6.45, 7) is 0. The first-order valence-corrected chi connectivity index (χ1v) is 6.96. The van der Waals surface area contributed by atoms with Gasteiger partial charge in [0.05, 0.1) is 10.6 Å². The Kier molecular flexibility index (Phi) is 4.93. The molecule has 0 aliphatic heterocycles. The van der Waals surface area contributed by atoms with Crippen molar-refractivity contribution in [3.8, 4) is 0 Å². The Labute approximate surface area is 133 Å². The van der Waals surface area contributed by atoms with Crippen LogP contribution in [0.5, 0.6) is 0 Å².